The number of morpholine rings is 1. The third-order valence-electron chi connectivity index (χ3n) is 4.46. The number of fused-ring (bicyclic) bond motifs is 1. The Balaban J connectivity index is 2.06. The zero-order valence-electron chi connectivity index (χ0n) is 13.4. The van der Waals surface area contributed by atoms with Gasteiger partial charge in [0.05, 0.1) is 25.0 Å². The first-order valence-electron chi connectivity index (χ1n) is 7.91. The molecular weight excluding hydrogens is 318 g/mol. The van der Waals surface area contributed by atoms with E-state index in [1.54, 1.807) is 4.90 Å². The van der Waals surface area contributed by atoms with E-state index in [1.807, 2.05) is 6.07 Å². The number of hydrogen-bond donors (Lipinski definition) is 0. The van der Waals surface area contributed by atoms with E-state index in [0.29, 0.717) is 32.7 Å². The van der Waals surface area contributed by atoms with Crippen LogP contribution in [0.25, 0.3) is 0 Å². The summed E-state index contributed by atoms with van der Waals surface area (Å²) in [5.74, 6) is -2.29. The van der Waals surface area contributed by atoms with E-state index in [-0.39, 0.29) is 35.9 Å². The van der Waals surface area contributed by atoms with Crippen LogP contribution in [-0.4, -0.2) is 43.7 Å². The van der Waals surface area contributed by atoms with Gasteiger partial charge in [0.15, 0.2) is 11.6 Å². The fourth-order valence-corrected chi connectivity index (χ4v) is 3.30. The highest BCUT2D eigenvalue weighted by Gasteiger charge is 2.39. The molecule has 1 atom stereocenters. The van der Waals surface area contributed by atoms with Gasteiger partial charge in [0.2, 0.25) is 11.9 Å². The largest absolute Gasteiger partial charge is 0.378 e. The third kappa shape index (κ3) is 2.80. The predicted octanol–water partition coefficient (Wildman–Crippen LogP) is 1.95. The average Bonchev–Trinajstić information content (AvgIpc) is 2.97. The van der Waals surface area contributed by atoms with E-state index in [4.69, 9.17) is 10.00 Å². The van der Waals surface area contributed by atoms with E-state index in [0.717, 1.165) is 0 Å². The quantitative estimate of drug-likeness (QED) is 0.789. The lowest BCUT2D eigenvalue weighted by molar-refractivity contribution is -0.116. The van der Waals surface area contributed by atoms with Crippen molar-refractivity contribution in [2.75, 3.05) is 42.6 Å². The summed E-state index contributed by atoms with van der Waals surface area (Å²) in [5.41, 5.74) is 0.0781. The molecule has 1 aromatic heterocycles. The molecule has 1 aromatic rings. The Morgan fingerprint density at radius 3 is 2.75 bits per heavy atom. The second kappa shape index (κ2) is 6.69. The molecule has 0 aromatic carbocycles. The molecule has 0 aliphatic carbocycles. The standard InChI is InChI=1S/C16H18F2N4O2/c1-10(23)22-9-11(3-2-4-19)12-14(22)13(17)16(20-15(12)18)21-5-7-24-8-6-21/h11H,2-3,5-9H2,1H3. The average molecular weight is 336 g/mol. The van der Waals surface area contributed by atoms with E-state index in [9.17, 15) is 9.18 Å². The van der Waals surface area contributed by atoms with Gasteiger partial charge in [-0.3, -0.25) is 4.79 Å². The van der Waals surface area contributed by atoms with Crippen molar-refractivity contribution in [2.24, 2.45) is 0 Å². The lowest BCUT2D eigenvalue weighted by Crippen LogP contribution is -2.38. The molecule has 128 valence electrons. The van der Waals surface area contributed by atoms with E-state index in [1.165, 1.54) is 11.8 Å². The van der Waals surface area contributed by atoms with Crippen molar-refractivity contribution >= 4 is 17.4 Å². The number of carbonyl (C=O) groups excluding carboxylic acids is 1. The molecule has 24 heavy (non-hydrogen) atoms. The molecular formula is C16H18F2N4O2. The number of hydrogen-bond acceptors (Lipinski definition) is 5. The Kier molecular flexibility index (Phi) is 4.62. The molecule has 2 aliphatic heterocycles. The molecule has 2 aliphatic rings. The number of nitrogens with zero attached hydrogens (tertiary/aromatic N) is 4. The highest BCUT2D eigenvalue weighted by atomic mass is 19.1. The molecule has 3 heterocycles. The van der Waals surface area contributed by atoms with Crippen LogP contribution >= 0.6 is 0 Å². The molecule has 0 saturated carbocycles. The summed E-state index contributed by atoms with van der Waals surface area (Å²) < 4.78 is 34.9. The van der Waals surface area contributed by atoms with Crippen molar-refractivity contribution in [3.8, 4) is 6.07 Å². The van der Waals surface area contributed by atoms with Gasteiger partial charge in [-0.25, -0.2) is 4.39 Å². The molecule has 0 spiro atoms. The molecule has 0 radical (unpaired) electrons. The number of nitriles is 1. The Labute approximate surface area is 138 Å². The van der Waals surface area contributed by atoms with Crippen LogP contribution < -0.4 is 9.80 Å². The van der Waals surface area contributed by atoms with Gasteiger partial charge in [-0.2, -0.15) is 14.6 Å². The molecule has 8 heteroatoms. The molecule has 1 amide bonds. The van der Waals surface area contributed by atoms with Crippen LogP contribution in [0.3, 0.4) is 0 Å². The van der Waals surface area contributed by atoms with Gasteiger partial charge in [0.25, 0.3) is 0 Å². The first-order chi connectivity index (χ1) is 11.5. The number of pyridine rings is 1. The summed E-state index contributed by atoms with van der Waals surface area (Å²) in [6.45, 7) is 3.17. The SMILES string of the molecule is CC(=O)N1CC(CCC#N)c2c(F)nc(N3CCOCC3)c(F)c21. The minimum Gasteiger partial charge on any atom is -0.378 e. The third-order valence-corrected chi connectivity index (χ3v) is 4.46. The molecule has 0 bridgehead atoms. The van der Waals surface area contributed by atoms with Gasteiger partial charge in [0.1, 0.15) is 0 Å². The summed E-state index contributed by atoms with van der Waals surface area (Å²) in [4.78, 5) is 18.6. The fourth-order valence-electron chi connectivity index (χ4n) is 3.30. The van der Waals surface area contributed by atoms with Gasteiger partial charge in [-0.1, -0.05) is 0 Å². The number of carbonyl (C=O) groups is 1. The number of rotatable bonds is 3. The van der Waals surface area contributed by atoms with Crippen molar-refractivity contribution in [3.05, 3.63) is 17.3 Å². The van der Waals surface area contributed by atoms with E-state index in [2.05, 4.69) is 4.98 Å². The second-order valence-corrected chi connectivity index (χ2v) is 5.93. The maximum atomic E-state index is 15.1. The zero-order chi connectivity index (χ0) is 17.3. The van der Waals surface area contributed by atoms with Crippen molar-refractivity contribution < 1.29 is 18.3 Å². The summed E-state index contributed by atoms with van der Waals surface area (Å²) >= 11 is 0. The minimum absolute atomic E-state index is 0.0283. The summed E-state index contributed by atoms with van der Waals surface area (Å²) in [6.07, 6.45) is 0.574. The topological polar surface area (TPSA) is 69.5 Å². The normalized spacial score (nSPS) is 20.0. The molecule has 3 rings (SSSR count). The number of aromatic nitrogens is 1. The lowest BCUT2D eigenvalue weighted by atomic mass is 9.97. The number of anilines is 2. The highest BCUT2D eigenvalue weighted by Crippen LogP contribution is 2.44. The summed E-state index contributed by atoms with van der Waals surface area (Å²) in [7, 11) is 0. The number of halogens is 2. The van der Waals surface area contributed by atoms with Crippen molar-refractivity contribution in [3.63, 3.8) is 0 Å². The maximum Gasteiger partial charge on any atom is 0.223 e. The molecule has 0 N–H and O–H groups in total. The van der Waals surface area contributed by atoms with Crippen LogP contribution in [0, 0.1) is 23.1 Å². The summed E-state index contributed by atoms with van der Waals surface area (Å²) in [5, 5.41) is 8.76. The Morgan fingerprint density at radius 1 is 1.42 bits per heavy atom. The van der Waals surface area contributed by atoms with Crippen LogP contribution in [-0.2, 0) is 9.53 Å². The number of amides is 1. The first kappa shape index (κ1) is 16.6. The van der Waals surface area contributed by atoms with Crippen molar-refractivity contribution in [1.82, 2.24) is 4.98 Å². The second-order valence-electron chi connectivity index (χ2n) is 5.93. The smallest absolute Gasteiger partial charge is 0.223 e. The van der Waals surface area contributed by atoms with Crippen LogP contribution in [0.5, 0.6) is 0 Å². The highest BCUT2D eigenvalue weighted by molar-refractivity contribution is 5.95. The minimum atomic E-state index is -0.764. The van der Waals surface area contributed by atoms with Gasteiger partial charge >= 0.3 is 0 Å². The van der Waals surface area contributed by atoms with Gasteiger partial charge in [-0.05, 0) is 6.42 Å². The van der Waals surface area contributed by atoms with Crippen molar-refractivity contribution in [2.45, 2.75) is 25.7 Å². The molecule has 1 fully saturated rings. The molecule has 1 saturated heterocycles. The predicted molar refractivity (Wildman–Crippen MR) is 82.8 cm³/mol. The van der Waals surface area contributed by atoms with Gasteiger partial charge in [0, 0.05) is 44.5 Å². The van der Waals surface area contributed by atoms with Crippen molar-refractivity contribution in [1.29, 1.82) is 5.26 Å². The van der Waals surface area contributed by atoms with E-state index >= 15 is 4.39 Å². The molecule has 1 unspecified atom stereocenters. The van der Waals surface area contributed by atoms with Crippen LogP contribution in [0.15, 0.2) is 0 Å². The van der Waals surface area contributed by atoms with Crippen LogP contribution in [0.2, 0.25) is 0 Å². The zero-order valence-corrected chi connectivity index (χ0v) is 13.4. The Hall–Kier alpha value is -2.27. The summed E-state index contributed by atoms with van der Waals surface area (Å²) in [6, 6.07) is 2.00. The van der Waals surface area contributed by atoms with Crippen LogP contribution in [0.1, 0.15) is 31.2 Å². The Bertz CT molecular complexity index is 698. The van der Waals surface area contributed by atoms with Gasteiger partial charge < -0.3 is 14.5 Å². The number of ether oxygens (including phenoxy) is 1. The molecule has 6 nitrogen and oxygen atoms in total. The fraction of sp³-hybridized carbons (Fsp3) is 0.562. The maximum absolute atomic E-state index is 15.1. The van der Waals surface area contributed by atoms with Gasteiger partial charge in [-0.15, -0.1) is 0 Å². The van der Waals surface area contributed by atoms with E-state index < -0.39 is 17.7 Å². The monoisotopic (exact) mass is 336 g/mol. The first-order valence-corrected chi connectivity index (χ1v) is 7.91. The Morgan fingerprint density at radius 2 is 2.12 bits per heavy atom. The van der Waals surface area contributed by atoms with Crippen LogP contribution in [0.4, 0.5) is 20.3 Å². The lowest BCUT2D eigenvalue weighted by Gasteiger charge is -2.29.